The fourth-order valence-electron chi connectivity index (χ4n) is 2.15. The topological polar surface area (TPSA) is 30.2 Å². The fourth-order valence-corrected chi connectivity index (χ4v) is 2.15. The first kappa shape index (κ1) is 9.33. The van der Waals surface area contributed by atoms with E-state index >= 15 is 0 Å². The number of hydrogen-bond donors (Lipinski definition) is 0. The highest BCUT2D eigenvalue weighted by Crippen LogP contribution is 2.22. The van der Waals surface area contributed by atoms with Crippen molar-refractivity contribution in [3.63, 3.8) is 0 Å². The largest absolute Gasteiger partial charge is 0.408 e. The molecule has 1 aromatic carbocycles. The molecule has 16 heavy (non-hydrogen) atoms. The van der Waals surface area contributed by atoms with Crippen LogP contribution < -0.4 is 4.57 Å². The third-order valence-corrected chi connectivity index (χ3v) is 3.14. The summed E-state index contributed by atoms with van der Waals surface area (Å²) in [6, 6.07) is 6.10. The average molecular weight is 214 g/mol. The molecule has 3 rings (SSSR count). The van der Waals surface area contributed by atoms with E-state index in [0.29, 0.717) is 12.4 Å². The predicted octanol–water partition coefficient (Wildman–Crippen LogP) is 1.87. The second-order valence-corrected chi connectivity index (χ2v) is 4.22. The molecule has 0 unspecified atom stereocenters. The Labute approximate surface area is 93.3 Å². The molecule has 2 aromatic rings. The summed E-state index contributed by atoms with van der Waals surface area (Å²) in [6.07, 6.45) is 2.00. The van der Waals surface area contributed by atoms with E-state index in [2.05, 4.69) is 26.0 Å². The lowest BCUT2D eigenvalue weighted by Crippen LogP contribution is -2.33. The van der Waals surface area contributed by atoms with Gasteiger partial charge in [-0.1, -0.05) is 12.1 Å². The van der Waals surface area contributed by atoms with Crippen molar-refractivity contribution in [2.24, 2.45) is 0 Å². The molecule has 0 fully saturated rings. The molecule has 0 bridgehead atoms. The molecule has 3 nitrogen and oxygen atoms in total. The number of benzene rings is 1. The maximum Gasteiger partial charge on any atom is 0.408 e. The van der Waals surface area contributed by atoms with Crippen molar-refractivity contribution in [1.82, 2.24) is 0 Å². The highest BCUT2D eigenvalue weighted by molar-refractivity contribution is 5.94. The molecule has 0 amide bonds. The summed E-state index contributed by atoms with van der Waals surface area (Å²) in [5.41, 5.74) is 3.04. The van der Waals surface area contributed by atoms with Crippen LogP contribution in [0.15, 0.2) is 24.4 Å². The number of esters is 1. The van der Waals surface area contributed by atoms with Crippen LogP contribution in [-0.2, 0) is 11.5 Å². The van der Waals surface area contributed by atoms with E-state index < -0.39 is 0 Å². The Morgan fingerprint density at radius 2 is 1.88 bits per heavy atom. The molecule has 1 aliphatic rings. The van der Waals surface area contributed by atoms with Crippen LogP contribution in [0.3, 0.4) is 0 Å². The molecule has 3 heteroatoms. The van der Waals surface area contributed by atoms with Crippen molar-refractivity contribution in [3.05, 3.63) is 41.2 Å². The number of carbonyl (C=O) groups is 1. The molecule has 1 aliphatic heterocycles. The molecule has 0 spiro atoms. The van der Waals surface area contributed by atoms with Gasteiger partial charge in [0.25, 0.3) is 12.4 Å². The van der Waals surface area contributed by atoms with Gasteiger partial charge >= 0.3 is 5.97 Å². The van der Waals surface area contributed by atoms with Crippen molar-refractivity contribution in [2.45, 2.75) is 20.6 Å². The van der Waals surface area contributed by atoms with E-state index in [4.69, 9.17) is 4.74 Å². The van der Waals surface area contributed by atoms with Gasteiger partial charge in [0.15, 0.2) is 6.20 Å². The molecule has 0 saturated carbocycles. The van der Waals surface area contributed by atoms with Gasteiger partial charge in [-0.15, -0.1) is 0 Å². The maximum atomic E-state index is 11.5. The van der Waals surface area contributed by atoms with Crippen LogP contribution in [0.25, 0.3) is 10.8 Å². The minimum atomic E-state index is -0.234. The Morgan fingerprint density at radius 3 is 2.62 bits per heavy atom. The minimum Gasteiger partial charge on any atom is -0.397 e. The van der Waals surface area contributed by atoms with Crippen LogP contribution in [-0.4, -0.2) is 5.97 Å². The summed E-state index contributed by atoms with van der Waals surface area (Å²) in [6.45, 7) is 4.46. The zero-order chi connectivity index (χ0) is 11.3. The van der Waals surface area contributed by atoms with Gasteiger partial charge in [-0.3, -0.25) is 0 Å². The number of aryl methyl sites for hydroxylation is 2. The number of rotatable bonds is 0. The summed E-state index contributed by atoms with van der Waals surface area (Å²) in [4.78, 5) is 11.5. The smallest absolute Gasteiger partial charge is 0.397 e. The van der Waals surface area contributed by atoms with Crippen LogP contribution in [0.2, 0.25) is 0 Å². The van der Waals surface area contributed by atoms with Crippen LogP contribution in [0.5, 0.6) is 0 Å². The Bertz CT molecular complexity index is 617. The number of pyridine rings is 1. The van der Waals surface area contributed by atoms with Crippen LogP contribution in [0, 0.1) is 13.8 Å². The maximum absolute atomic E-state index is 11.5. The molecule has 0 atom stereocenters. The van der Waals surface area contributed by atoms with Gasteiger partial charge in [-0.25, -0.2) is 4.79 Å². The number of hydrogen-bond acceptors (Lipinski definition) is 2. The quantitative estimate of drug-likeness (QED) is 0.495. The van der Waals surface area contributed by atoms with Crippen LogP contribution in [0.1, 0.15) is 21.6 Å². The number of fused-ring (bicyclic) bond motifs is 2. The first-order chi connectivity index (χ1) is 7.66. The second kappa shape index (κ2) is 3.04. The molecular formula is C13H12NO2+. The SMILES string of the molecule is Cc1ccc(C)c2c[n+]3c(cc12)C(=O)OC3. The van der Waals surface area contributed by atoms with Gasteiger partial charge in [-0.05, 0) is 30.4 Å². The zero-order valence-corrected chi connectivity index (χ0v) is 9.28. The lowest BCUT2D eigenvalue weighted by molar-refractivity contribution is -0.712. The molecule has 80 valence electrons. The predicted molar refractivity (Wildman–Crippen MR) is 59.0 cm³/mol. The van der Waals surface area contributed by atoms with E-state index in [0.717, 1.165) is 5.39 Å². The number of ether oxygens (including phenoxy) is 1. The first-order valence-corrected chi connectivity index (χ1v) is 5.27. The average Bonchev–Trinajstić information content (AvgIpc) is 2.64. The summed E-state index contributed by atoms with van der Waals surface area (Å²) < 4.78 is 6.86. The lowest BCUT2D eigenvalue weighted by atomic mass is 10.0. The zero-order valence-electron chi connectivity index (χ0n) is 9.28. The highest BCUT2D eigenvalue weighted by Gasteiger charge is 2.30. The summed E-state index contributed by atoms with van der Waals surface area (Å²) in [5.74, 6) is -0.234. The molecular weight excluding hydrogens is 202 g/mol. The third-order valence-electron chi connectivity index (χ3n) is 3.14. The van der Waals surface area contributed by atoms with Gasteiger partial charge < -0.3 is 4.74 Å². The molecule has 1 aromatic heterocycles. The normalized spacial score (nSPS) is 14.0. The van der Waals surface area contributed by atoms with Crippen molar-refractivity contribution in [2.75, 3.05) is 0 Å². The monoisotopic (exact) mass is 214 g/mol. The van der Waals surface area contributed by atoms with Gasteiger partial charge in [-0.2, -0.15) is 4.57 Å². The van der Waals surface area contributed by atoms with Crippen molar-refractivity contribution >= 4 is 16.7 Å². The van der Waals surface area contributed by atoms with Crippen LogP contribution >= 0.6 is 0 Å². The molecule has 0 saturated heterocycles. The van der Waals surface area contributed by atoms with Gasteiger partial charge in [0.05, 0.1) is 0 Å². The number of nitrogens with zero attached hydrogens (tertiary/aromatic N) is 1. The van der Waals surface area contributed by atoms with E-state index in [-0.39, 0.29) is 5.97 Å². The first-order valence-electron chi connectivity index (χ1n) is 5.27. The van der Waals surface area contributed by atoms with Gasteiger partial charge in [0.1, 0.15) is 0 Å². The summed E-state index contributed by atoms with van der Waals surface area (Å²) in [5, 5.41) is 2.31. The number of aromatic nitrogens is 1. The molecule has 0 N–H and O–H groups in total. The van der Waals surface area contributed by atoms with Crippen molar-refractivity contribution in [3.8, 4) is 0 Å². The Kier molecular flexibility index (Phi) is 1.78. The van der Waals surface area contributed by atoms with Gasteiger partial charge in [0.2, 0.25) is 0 Å². The Hall–Kier alpha value is -1.90. The number of carbonyl (C=O) groups excluding carboxylic acids is 1. The van der Waals surface area contributed by atoms with Gasteiger partial charge in [0, 0.05) is 11.5 Å². The lowest BCUT2D eigenvalue weighted by Gasteiger charge is -2.03. The number of cyclic esters (lactones) is 1. The second-order valence-electron chi connectivity index (χ2n) is 4.22. The fraction of sp³-hybridized carbons (Fsp3) is 0.231. The molecule has 0 aliphatic carbocycles. The summed E-state index contributed by atoms with van der Waals surface area (Å²) in [7, 11) is 0. The molecule has 2 heterocycles. The van der Waals surface area contributed by atoms with E-state index in [1.54, 1.807) is 0 Å². The van der Waals surface area contributed by atoms with Crippen LogP contribution in [0.4, 0.5) is 0 Å². The minimum absolute atomic E-state index is 0.234. The Balaban J connectivity index is 2.44. The third kappa shape index (κ3) is 1.14. The van der Waals surface area contributed by atoms with E-state index in [9.17, 15) is 4.79 Å². The molecule has 0 radical (unpaired) electrons. The van der Waals surface area contributed by atoms with Crippen molar-refractivity contribution in [1.29, 1.82) is 0 Å². The standard InChI is InChI=1S/C13H12NO2/c1-8-3-4-9(2)11-6-14-7-16-13(15)12(14)5-10(8)11/h3-6H,7H2,1-2H3/q+1. The van der Waals surface area contributed by atoms with Crippen molar-refractivity contribution < 1.29 is 14.1 Å². The highest BCUT2D eigenvalue weighted by atomic mass is 16.6. The van der Waals surface area contributed by atoms with E-state index in [1.807, 2.05) is 16.8 Å². The van der Waals surface area contributed by atoms with E-state index in [1.165, 1.54) is 16.5 Å². The Morgan fingerprint density at radius 1 is 1.19 bits per heavy atom. The summed E-state index contributed by atoms with van der Waals surface area (Å²) >= 11 is 0.